The van der Waals surface area contributed by atoms with Gasteiger partial charge in [0.2, 0.25) is 0 Å². The minimum Gasteiger partial charge on any atom is -0.493 e. The van der Waals surface area contributed by atoms with Crippen molar-refractivity contribution in [2.24, 2.45) is 5.10 Å². The van der Waals surface area contributed by atoms with E-state index in [9.17, 15) is 4.79 Å². The van der Waals surface area contributed by atoms with Crippen LogP contribution in [-0.2, 0) is 11.4 Å². The zero-order valence-electron chi connectivity index (χ0n) is 18.2. The van der Waals surface area contributed by atoms with E-state index in [2.05, 4.69) is 26.5 Å². The van der Waals surface area contributed by atoms with Crippen LogP contribution in [0.3, 0.4) is 0 Å². The Morgan fingerprint density at radius 1 is 1.16 bits per heavy atom. The van der Waals surface area contributed by atoms with Crippen molar-refractivity contribution in [1.29, 1.82) is 0 Å². The molecule has 1 amide bonds. The fraction of sp³-hybridized carbons (Fsp3) is 0.200. The molecule has 5 nitrogen and oxygen atoms in total. The molecule has 0 bridgehead atoms. The van der Waals surface area contributed by atoms with Crippen LogP contribution in [0.15, 0.2) is 81.2 Å². The Bertz CT molecular complexity index is 1070. The lowest BCUT2D eigenvalue weighted by Crippen LogP contribution is -2.26. The topological polar surface area (TPSA) is 59.9 Å². The summed E-state index contributed by atoms with van der Waals surface area (Å²) in [7, 11) is 1.59. The van der Waals surface area contributed by atoms with Crippen LogP contribution in [-0.4, -0.2) is 24.5 Å². The van der Waals surface area contributed by atoms with Crippen LogP contribution in [0.25, 0.3) is 0 Å². The van der Waals surface area contributed by atoms with Crippen molar-refractivity contribution in [3.8, 4) is 11.5 Å². The van der Waals surface area contributed by atoms with Crippen LogP contribution < -0.4 is 14.9 Å². The Morgan fingerprint density at radius 2 is 1.88 bits per heavy atom. The smallest absolute Gasteiger partial charge is 0.253 e. The van der Waals surface area contributed by atoms with Crippen LogP contribution in [0.2, 0.25) is 0 Å². The van der Waals surface area contributed by atoms with E-state index in [4.69, 9.17) is 9.47 Å². The number of amides is 1. The highest BCUT2D eigenvalue weighted by molar-refractivity contribution is 9.10. The summed E-state index contributed by atoms with van der Waals surface area (Å²) in [6.45, 7) is 4.32. The van der Waals surface area contributed by atoms with E-state index in [1.54, 1.807) is 13.3 Å². The molecule has 1 atom stereocenters. The zero-order chi connectivity index (χ0) is 22.9. The first-order valence-corrected chi connectivity index (χ1v) is 11.7. The molecule has 0 unspecified atom stereocenters. The average Bonchev–Trinajstić information content (AvgIpc) is 2.80. The van der Waals surface area contributed by atoms with Crippen LogP contribution in [0.4, 0.5) is 0 Å². The van der Waals surface area contributed by atoms with Crippen molar-refractivity contribution in [3.63, 3.8) is 0 Å². The standard InChI is InChI=1S/C25H25BrN2O3S/c1-17-9-11-21(12-10-17)32-18(2)25(29)28-27-15-20-13-22(26)24(23(14-20)30-3)31-16-19-7-5-4-6-8-19/h4-15,18H,16H2,1-3H3,(H,28,29)/b27-15-/t18-/m1/s1. The highest BCUT2D eigenvalue weighted by Crippen LogP contribution is 2.36. The number of halogens is 1. The number of rotatable bonds is 9. The molecular formula is C25H25BrN2O3S. The number of hydrazone groups is 1. The molecule has 0 saturated carbocycles. The molecule has 32 heavy (non-hydrogen) atoms. The molecule has 0 aliphatic carbocycles. The summed E-state index contributed by atoms with van der Waals surface area (Å²) in [5.41, 5.74) is 5.62. The molecule has 0 fully saturated rings. The molecule has 1 N–H and O–H groups in total. The van der Waals surface area contributed by atoms with Gasteiger partial charge in [0.05, 0.1) is 23.0 Å². The number of methoxy groups -OCH3 is 1. The highest BCUT2D eigenvalue weighted by Gasteiger charge is 2.14. The molecule has 3 aromatic carbocycles. The van der Waals surface area contributed by atoms with Gasteiger partial charge in [-0.1, -0.05) is 48.0 Å². The van der Waals surface area contributed by atoms with Crippen LogP contribution in [0.5, 0.6) is 11.5 Å². The monoisotopic (exact) mass is 512 g/mol. The number of thioether (sulfide) groups is 1. The van der Waals surface area contributed by atoms with E-state index in [1.807, 2.05) is 80.6 Å². The molecule has 0 spiro atoms. The maximum atomic E-state index is 12.4. The van der Waals surface area contributed by atoms with E-state index in [0.29, 0.717) is 18.1 Å². The second-order valence-corrected chi connectivity index (χ2v) is 9.38. The van der Waals surface area contributed by atoms with Gasteiger partial charge in [0, 0.05) is 4.90 Å². The predicted octanol–water partition coefficient (Wildman–Crippen LogP) is 5.98. The summed E-state index contributed by atoms with van der Waals surface area (Å²) in [4.78, 5) is 13.4. The Balaban J connectivity index is 1.60. The van der Waals surface area contributed by atoms with E-state index in [1.165, 1.54) is 17.3 Å². The van der Waals surface area contributed by atoms with Gasteiger partial charge in [-0.05, 0) is 65.2 Å². The van der Waals surface area contributed by atoms with Gasteiger partial charge >= 0.3 is 0 Å². The summed E-state index contributed by atoms with van der Waals surface area (Å²) in [5.74, 6) is 1.02. The number of hydrogen-bond acceptors (Lipinski definition) is 5. The first kappa shape index (κ1) is 23.9. The second kappa shape index (κ2) is 11.7. The second-order valence-electron chi connectivity index (χ2n) is 7.12. The third kappa shape index (κ3) is 6.87. The summed E-state index contributed by atoms with van der Waals surface area (Å²) < 4.78 is 12.2. The molecule has 3 rings (SSSR count). The summed E-state index contributed by atoms with van der Waals surface area (Å²) >= 11 is 5.03. The van der Waals surface area contributed by atoms with E-state index >= 15 is 0 Å². The Hall–Kier alpha value is -2.77. The Kier molecular flexibility index (Phi) is 8.76. The van der Waals surface area contributed by atoms with Gasteiger partial charge in [-0.2, -0.15) is 5.10 Å². The lowest BCUT2D eigenvalue weighted by molar-refractivity contribution is -0.120. The quantitative estimate of drug-likeness (QED) is 0.217. The lowest BCUT2D eigenvalue weighted by Gasteiger charge is -2.13. The van der Waals surface area contributed by atoms with Crippen LogP contribution >= 0.6 is 27.7 Å². The molecule has 0 aliphatic heterocycles. The summed E-state index contributed by atoms with van der Waals surface area (Å²) in [6.07, 6.45) is 1.58. The van der Waals surface area contributed by atoms with Crippen molar-refractivity contribution in [2.75, 3.05) is 7.11 Å². The number of carbonyl (C=O) groups is 1. The largest absolute Gasteiger partial charge is 0.493 e. The SMILES string of the molecule is COc1cc(/C=N\NC(=O)[C@@H](C)Sc2ccc(C)cc2)cc(Br)c1OCc1ccccc1. The number of nitrogens with one attached hydrogen (secondary N) is 1. The van der Waals surface area contributed by atoms with Crippen molar-refractivity contribution >= 4 is 39.8 Å². The Morgan fingerprint density at radius 3 is 2.56 bits per heavy atom. The number of aryl methyl sites for hydroxylation is 1. The molecule has 0 radical (unpaired) electrons. The van der Waals surface area contributed by atoms with E-state index in [0.717, 1.165) is 20.5 Å². The minimum absolute atomic E-state index is 0.166. The summed E-state index contributed by atoms with van der Waals surface area (Å²) in [6, 6.07) is 21.7. The number of hydrogen-bond donors (Lipinski definition) is 1. The van der Waals surface area contributed by atoms with Gasteiger partial charge in [0.25, 0.3) is 5.91 Å². The van der Waals surface area contributed by atoms with Crippen molar-refractivity contribution in [3.05, 3.63) is 87.9 Å². The third-order valence-electron chi connectivity index (χ3n) is 4.57. The van der Waals surface area contributed by atoms with Gasteiger partial charge < -0.3 is 9.47 Å². The molecule has 0 aliphatic rings. The summed E-state index contributed by atoms with van der Waals surface area (Å²) in [5, 5.41) is 3.83. The van der Waals surface area contributed by atoms with Crippen LogP contribution in [0, 0.1) is 6.92 Å². The molecule has 0 saturated heterocycles. The van der Waals surface area contributed by atoms with Gasteiger partial charge in [-0.15, -0.1) is 11.8 Å². The van der Waals surface area contributed by atoms with Gasteiger partial charge in [0.15, 0.2) is 11.5 Å². The molecule has 3 aromatic rings. The fourth-order valence-electron chi connectivity index (χ4n) is 2.82. The van der Waals surface area contributed by atoms with E-state index < -0.39 is 0 Å². The maximum Gasteiger partial charge on any atom is 0.253 e. The first-order chi connectivity index (χ1) is 15.5. The lowest BCUT2D eigenvalue weighted by atomic mass is 10.2. The van der Waals surface area contributed by atoms with Crippen molar-refractivity contribution in [1.82, 2.24) is 5.43 Å². The maximum absolute atomic E-state index is 12.4. The fourth-order valence-corrected chi connectivity index (χ4v) is 4.26. The first-order valence-electron chi connectivity index (χ1n) is 10.1. The normalized spacial score (nSPS) is 11.9. The van der Waals surface area contributed by atoms with Crippen LogP contribution in [0.1, 0.15) is 23.6 Å². The molecule has 7 heteroatoms. The number of nitrogens with zero attached hydrogens (tertiary/aromatic N) is 1. The average molecular weight is 513 g/mol. The zero-order valence-corrected chi connectivity index (χ0v) is 20.6. The minimum atomic E-state index is -0.273. The number of carbonyl (C=O) groups excluding carboxylic acids is 1. The highest BCUT2D eigenvalue weighted by atomic mass is 79.9. The van der Waals surface area contributed by atoms with Gasteiger partial charge in [-0.25, -0.2) is 5.43 Å². The van der Waals surface area contributed by atoms with Crippen molar-refractivity contribution in [2.45, 2.75) is 30.6 Å². The molecule has 0 heterocycles. The predicted molar refractivity (Wildman–Crippen MR) is 134 cm³/mol. The molecule has 0 aromatic heterocycles. The number of ether oxygens (including phenoxy) is 2. The van der Waals surface area contributed by atoms with Crippen molar-refractivity contribution < 1.29 is 14.3 Å². The van der Waals surface area contributed by atoms with Gasteiger partial charge in [0.1, 0.15) is 6.61 Å². The van der Waals surface area contributed by atoms with E-state index in [-0.39, 0.29) is 11.2 Å². The Labute approximate surface area is 201 Å². The number of benzene rings is 3. The third-order valence-corrected chi connectivity index (χ3v) is 6.27. The molecule has 166 valence electrons. The van der Waals surface area contributed by atoms with Gasteiger partial charge in [-0.3, -0.25) is 4.79 Å². The molecular weight excluding hydrogens is 488 g/mol.